The molecule has 0 amide bonds. The van der Waals surface area contributed by atoms with E-state index in [1.54, 1.807) is 0 Å². The predicted molar refractivity (Wildman–Crippen MR) is 102 cm³/mol. The van der Waals surface area contributed by atoms with Gasteiger partial charge in [-0.25, -0.2) is 8.42 Å². The van der Waals surface area contributed by atoms with Crippen LogP contribution in [-0.4, -0.2) is 26.4 Å². The van der Waals surface area contributed by atoms with Crippen LogP contribution in [0.4, 0.5) is 11.4 Å². The van der Waals surface area contributed by atoms with Gasteiger partial charge < -0.3 is 4.90 Å². The molecule has 1 saturated heterocycles. The number of hydrogen-bond donors (Lipinski definition) is 0. The van der Waals surface area contributed by atoms with Crippen molar-refractivity contribution in [1.29, 1.82) is 0 Å². The molecule has 0 spiro atoms. The fraction of sp³-hybridized carbons (Fsp3) is 0.263. The topological polar surface area (TPSA) is 80.5 Å². The molecule has 0 N–H and O–H groups in total. The summed E-state index contributed by atoms with van der Waals surface area (Å²) >= 11 is 0. The van der Waals surface area contributed by atoms with Crippen molar-refractivity contribution in [1.82, 2.24) is 0 Å². The SMILES string of the molecule is O=[N+]([O-])c1ccc(S(=O)(=O)/C=C/c2ccc(N3CCCCC3)cc2)cc1. The number of anilines is 1. The normalized spacial score (nSPS) is 15.3. The zero-order valence-electron chi connectivity index (χ0n) is 14.2. The van der Waals surface area contributed by atoms with Gasteiger partial charge in [0.25, 0.3) is 5.69 Å². The second-order valence-corrected chi connectivity index (χ2v) is 8.07. The van der Waals surface area contributed by atoms with Crippen LogP contribution >= 0.6 is 0 Å². The highest BCUT2D eigenvalue weighted by molar-refractivity contribution is 7.94. The average Bonchev–Trinajstić information content (AvgIpc) is 2.67. The zero-order chi connectivity index (χ0) is 18.6. The maximum atomic E-state index is 12.3. The van der Waals surface area contributed by atoms with Crippen molar-refractivity contribution in [3.05, 3.63) is 69.6 Å². The Hall–Kier alpha value is -2.67. The number of nitro groups is 1. The maximum absolute atomic E-state index is 12.3. The lowest BCUT2D eigenvalue weighted by Crippen LogP contribution is -2.29. The summed E-state index contributed by atoms with van der Waals surface area (Å²) in [4.78, 5) is 12.5. The summed E-state index contributed by atoms with van der Waals surface area (Å²) in [7, 11) is -3.65. The number of rotatable bonds is 5. The van der Waals surface area contributed by atoms with Crippen LogP contribution in [0.3, 0.4) is 0 Å². The Morgan fingerprint density at radius 2 is 1.54 bits per heavy atom. The van der Waals surface area contributed by atoms with E-state index in [-0.39, 0.29) is 10.6 Å². The van der Waals surface area contributed by atoms with E-state index in [0.717, 1.165) is 29.7 Å². The molecule has 6 nitrogen and oxygen atoms in total. The highest BCUT2D eigenvalue weighted by Crippen LogP contribution is 2.22. The minimum atomic E-state index is -3.65. The number of nitrogens with zero attached hydrogens (tertiary/aromatic N) is 2. The molecule has 0 unspecified atom stereocenters. The Balaban J connectivity index is 1.72. The van der Waals surface area contributed by atoms with Gasteiger partial charge in [-0.15, -0.1) is 0 Å². The monoisotopic (exact) mass is 372 g/mol. The minimum Gasteiger partial charge on any atom is -0.372 e. The molecule has 0 bridgehead atoms. The van der Waals surface area contributed by atoms with Crippen LogP contribution in [0.15, 0.2) is 58.8 Å². The molecule has 0 saturated carbocycles. The van der Waals surface area contributed by atoms with Crippen LogP contribution < -0.4 is 4.90 Å². The smallest absolute Gasteiger partial charge is 0.269 e. The standard InChI is InChI=1S/C19H20N2O4S/c22-21(23)18-8-10-19(11-9-18)26(24,25)15-12-16-4-6-17(7-5-16)20-13-2-1-3-14-20/h4-12,15H,1-3,13-14H2/b15-12+. The Morgan fingerprint density at radius 3 is 2.12 bits per heavy atom. The lowest BCUT2D eigenvalue weighted by Gasteiger charge is -2.28. The molecule has 0 atom stereocenters. The Kier molecular flexibility index (Phi) is 5.37. The molecule has 2 aromatic rings. The number of hydrogen-bond acceptors (Lipinski definition) is 5. The molecule has 0 aliphatic carbocycles. The first-order valence-corrected chi connectivity index (χ1v) is 10.0. The van der Waals surface area contributed by atoms with Gasteiger partial charge >= 0.3 is 0 Å². The molecule has 1 heterocycles. The quantitative estimate of drug-likeness (QED) is 0.585. The van der Waals surface area contributed by atoms with Gasteiger partial charge in [-0.05, 0) is 55.2 Å². The zero-order valence-corrected chi connectivity index (χ0v) is 15.1. The molecule has 1 aliphatic rings. The van der Waals surface area contributed by atoms with Crippen molar-refractivity contribution in [2.75, 3.05) is 18.0 Å². The molecular formula is C19H20N2O4S. The summed E-state index contributed by atoms with van der Waals surface area (Å²) in [5, 5.41) is 11.8. The largest absolute Gasteiger partial charge is 0.372 e. The highest BCUT2D eigenvalue weighted by atomic mass is 32.2. The van der Waals surface area contributed by atoms with Gasteiger partial charge in [0, 0.05) is 36.3 Å². The van der Waals surface area contributed by atoms with E-state index in [9.17, 15) is 18.5 Å². The summed E-state index contributed by atoms with van der Waals surface area (Å²) in [5.41, 5.74) is 1.80. The fourth-order valence-corrected chi connectivity index (χ4v) is 3.96. The second-order valence-electron chi connectivity index (χ2n) is 6.24. The number of piperidine rings is 1. The van der Waals surface area contributed by atoms with E-state index in [1.165, 1.54) is 49.6 Å². The summed E-state index contributed by atoms with van der Waals surface area (Å²) < 4.78 is 24.7. The summed E-state index contributed by atoms with van der Waals surface area (Å²) in [6, 6.07) is 12.7. The Morgan fingerprint density at radius 1 is 0.923 bits per heavy atom. The average molecular weight is 372 g/mol. The van der Waals surface area contributed by atoms with Crippen molar-refractivity contribution >= 4 is 27.3 Å². The van der Waals surface area contributed by atoms with Gasteiger partial charge in [0.15, 0.2) is 9.84 Å². The first-order chi connectivity index (χ1) is 12.5. The van der Waals surface area contributed by atoms with Gasteiger partial charge in [0.05, 0.1) is 9.82 Å². The maximum Gasteiger partial charge on any atom is 0.269 e. The molecule has 1 aliphatic heterocycles. The lowest BCUT2D eigenvalue weighted by atomic mass is 10.1. The third-order valence-electron chi connectivity index (χ3n) is 4.43. The molecule has 0 aromatic heterocycles. The molecule has 26 heavy (non-hydrogen) atoms. The van der Waals surface area contributed by atoms with Crippen molar-refractivity contribution < 1.29 is 13.3 Å². The van der Waals surface area contributed by atoms with Crippen LogP contribution in [0.1, 0.15) is 24.8 Å². The summed E-state index contributed by atoms with van der Waals surface area (Å²) in [6.07, 6.45) is 5.22. The lowest BCUT2D eigenvalue weighted by molar-refractivity contribution is -0.384. The van der Waals surface area contributed by atoms with Gasteiger partial charge in [-0.3, -0.25) is 10.1 Å². The molecule has 3 rings (SSSR count). The Labute approximate surface area is 152 Å². The first kappa shape index (κ1) is 18.1. The van der Waals surface area contributed by atoms with Crippen molar-refractivity contribution in [2.45, 2.75) is 24.2 Å². The van der Waals surface area contributed by atoms with Gasteiger partial charge in [0.1, 0.15) is 0 Å². The molecule has 136 valence electrons. The van der Waals surface area contributed by atoms with E-state index in [4.69, 9.17) is 0 Å². The van der Waals surface area contributed by atoms with Gasteiger partial charge in [0.2, 0.25) is 0 Å². The van der Waals surface area contributed by atoms with Crippen molar-refractivity contribution in [2.24, 2.45) is 0 Å². The summed E-state index contributed by atoms with van der Waals surface area (Å²) in [6.45, 7) is 2.12. The van der Waals surface area contributed by atoms with E-state index in [2.05, 4.69) is 4.90 Å². The van der Waals surface area contributed by atoms with Crippen molar-refractivity contribution in [3.8, 4) is 0 Å². The first-order valence-electron chi connectivity index (χ1n) is 8.48. The van der Waals surface area contributed by atoms with Crippen LogP contribution in [0.25, 0.3) is 6.08 Å². The van der Waals surface area contributed by atoms with E-state index < -0.39 is 14.8 Å². The van der Waals surface area contributed by atoms with Crippen LogP contribution in [0.2, 0.25) is 0 Å². The highest BCUT2D eigenvalue weighted by Gasteiger charge is 2.13. The van der Waals surface area contributed by atoms with E-state index in [1.807, 2.05) is 24.3 Å². The van der Waals surface area contributed by atoms with Gasteiger partial charge in [-0.1, -0.05) is 12.1 Å². The molecule has 7 heteroatoms. The molecule has 2 aromatic carbocycles. The predicted octanol–water partition coefficient (Wildman–Crippen LogP) is 4.03. The van der Waals surface area contributed by atoms with Crippen LogP contribution in [0, 0.1) is 10.1 Å². The van der Waals surface area contributed by atoms with Crippen LogP contribution in [0.5, 0.6) is 0 Å². The van der Waals surface area contributed by atoms with Gasteiger partial charge in [-0.2, -0.15) is 0 Å². The molecular weight excluding hydrogens is 352 g/mol. The van der Waals surface area contributed by atoms with Crippen LogP contribution in [-0.2, 0) is 9.84 Å². The molecule has 1 fully saturated rings. The number of non-ortho nitro benzene ring substituents is 1. The number of benzene rings is 2. The summed E-state index contributed by atoms with van der Waals surface area (Å²) in [5.74, 6) is 0. The Bertz CT molecular complexity index is 898. The van der Waals surface area contributed by atoms with E-state index >= 15 is 0 Å². The van der Waals surface area contributed by atoms with Crippen molar-refractivity contribution in [3.63, 3.8) is 0 Å². The fourth-order valence-electron chi connectivity index (χ4n) is 2.95. The molecule has 0 radical (unpaired) electrons. The minimum absolute atomic E-state index is 0.0317. The third kappa shape index (κ3) is 4.29. The number of nitro benzene ring substituents is 1. The third-order valence-corrected chi connectivity index (χ3v) is 5.85. The van der Waals surface area contributed by atoms with E-state index in [0.29, 0.717) is 0 Å². The number of sulfone groups is 1. The second kappa shape index (κ2) is 7.70.